The highest BCUT2D eigenvalue weighted by molar-refractivity contribution is 5.63. The van der Waals surface area contributed by atoms with E-state index in [9.17, 15) is 0 Å². The molecule has 0 aliphatic rings. The van der Waals surface area contributed by atoms with Gasteiger partial charge in [-0.3, -0.25) is 0 Å². The monoisotopic (exact) mass is 267 g/mol. The summed E-state index contributed by atoms with van der Waals surface area (Å²) in [6, 6.07) is 18.9. The molecule has 0 fully saturated rings. The largest absolute Gasteiger partial charge is 0.492 e. The third-order valence-corrected chi connectivity index (χ3v) is 3.42. The summed E-state index contributed by atoms with van der Waals surface area (Å²) >= 11 is 0. The van der Waals surface area contributed by atoms with Crippen LogP contribution in [0.2, 0.25) is 0 Å². The van der Waals surface area contributed by atoms with Crippen molar-refractivity contribution in [1.82, 2.24) is 5.32 Å². The molecule has 0 saturated heterocycles. The van der Waals surface area contributed by atoms with Crippen molar-refractivity contribution in [2.45, 2.75) is 20.5 Å². The van der Waals surface area contributed by atoms with E-state index >= 15 is 0 Å². The molecule has 0 amide bonds. The molecule has 0 aromatic heterocycles. The summed E-state index contributed by atoms with van der Waals surface area (Å²) in [4.78, 5) is 0. The maximum Gasteiger partial charge on any atom is 0.113 e. The first-order valence-corrected chi connectivity index (χ1v) is 6.83. The van der Waals surface area contributed by atoms with Crippen molar-refractivity contribution in [3.05, 3.63) is 71.6 Å². The zero-order valence-corrected chi connectivity index (χ0v) is 12.3. The maximum atomic E-state index is 5.74. The predicted octanol–water partition coefficient (Wildman–Crippen LogP) is 4.34. The number of rotatable bonds is 5. The number of hydrogen-bond acceptors (Lipinski definition) is 2. The Bertz CT molecular complexity index is 570. The standard InChI is InChI=1S/C18H21NO/c1-14(19-3)15(2)20-13-16-9-11-18(12-10-16)17-7-5-4-6-8-17/h4-12,19H,13H2,1-3H3/b15-14-. The summed E-state index contributed by atoms with van der Waals surface area (Å²) in [6.07, 6.45) is 0. The Morgan fingerprint density at radius 3 is 2.10 bits per heavy atom. The number of benzene rings is 2. The fourth-order valence-electron chi connectivity index (χ4n) is 1.90. The minimum Gasteiger partial charge on any atom is -0.492 e. The van der Waals surface area contributed by atoms with Crippen LogP contribution in [0.15, 0.2) is 66.1 Å². The van der Waals surface area contributed by atoms with E-state index in [0.29, 0.717) is 6.61 Å². The van der Waals surface area contributed by atoms with Crippen molar-refractivity contribution >= 4 is 0 Å². The molecular formula is C18H21NO. The van der Waals surface area contributed by atoms with Crippen LogP contribution in [0.3, 0.4) is 0 Å². The highest BCUT2D eigenvalue weighted by Crippen LogP contribution is 2.19. The summed E-state index contributed by atoms with van der Waals surface area (Å²) in [6.45, 7) is 4.58. The second-order valence-corrected chi connectivity index (χ2v) is 4.78. The summed E-state index contributed by atoms with van der Waals surface area (Å²) in [7, 11) is 1.90. The Labute approximate surface area is 121 Å². The Kier molecular flexibility index (Phi) is 4.83. The van der Waals surface area contributed by atoms with E-state index in [1.165, 1.54) is 16.7 Å². The van der Waals surface area contributed by atoms with Gasteiger partial charge in [0.15, 0.2) is 0 Å². The lowest BCUT2D eigenvalue weighted by Crippen LogP contribution is -2.06. The molecule has 0 unspecified atom stereocenters. The van der Waals surface area contributed by atoms with Crippen molar-refractivity contribution < 1.29 is 4.74 Å². The average Bonchev–Trinajstić information content (AvgIpc) is 2.53. The van der Waals surface area contributed by atoms with E-state index in [1.807, 2.05) is 27.0 Å². The molecule has 0 radical (unpaired) electrons. The molecule has 0 saturated carbocycles. The molecule has 0 aliphatic heterocycles. The molecular weight excluding hydrogens is 246 g/mol. The fraction of sp³-hybridized carbons (Fsp3) is 0.222. The predicted molar refractivity (Wildman–Crippen MR) is 84.1 cm³/mol. The van der Waals surface area contributed by atoms with E-state index in [2.05, 4.69) is 53.8 Å². The van der Waals surface area contributed by atoms with Crippen LogP contribution in [0, 0.1) is 0 Å². The molecule has 0 heterocycles. The van der Waals surface area contributed by atoms with Gasteiger partial charge in [0.2, 0.25) is 0 Å². The lowest BCUT2D eigenvalue weighted by molar-refractivity contribution is 0.195. The van der Waals surface area contributed by atoms with Gasteiger partial charge >= 0.3 is 0 Å². The second-order valence-electron chi connectivity index (χ2n) is 4.78. The molecule has 0 spiro atoms. The zero-order chi connectivity index (χ0) is 14.4. The van der Waals surface area contributed by atoms with Gasteiger partial charge in [0.05, 0.1) is 0 Å². The molecule has 2 aromatic rings. The summed E-state index contributed by atoms with van der Waals surface area (Å²) < 4.78 is 5.74. The molecule has 2 rings (SSSR count). The molecule has 2 nitrogen and oxygen atoms in total. The quantitative estimate of drug-likeness (QED) is 0.814. The summed E-state index contributed by atoms with van der Waals surface area (Å²) in [5.74, 6) is 0.930. The lowest BCUT2D eigenvalue weighted by Gasteiger charge is -2.10. The van der Waals surface area contributed by atoms with Gasteiger partial charge in [-0.05, 0) is 30.5 Å². The molecule has 0 aliphatic carbocycles. The Hall–Kier alpha value is -2.22. The van der Waals surface area contributed by atoms with Crippen molar-refractivity contribution in [3.63, 3.8) is 0 Å². The normalized spacial score (nSPS) is 11.8. The molecule has 104 valence electrons. The minimum atomic E-state index is 0.597. The first-order valence-electron chi connectivity index (χ1n) is 6.83. The summed E-state index contributed by atoms with van der Waals surface area (Å²) in [5, 5.41) is 3.09. The Morgan fingerprint density at radius 2 is 1.50 bits per heavy atom. The first kappa shape index (κ1) is 14.2. The highest BCUT2D eigenvalue weighted by Gasteiger charge is 2.00. The minimum absolute atomic E-state index is 0.597. The molecule has 2 heteroatoms. The topological polar surface area (TPSA) is 21.3 Å². The smallest absolute Gasteiger partial charge is 0.113 e. The van der Waals surface area contributed by atoms with Crippen molar-refractivity contribution in [3.8, 4) is 11.1 Å². The number of nitrogens with one attached hydrogen (secondary N) is 1. The van der Waals surface area contributed by atoms with E-state index in [0.717, 1.165) is 11.5 Å². The van der Waals surface area contributed by atoms with Gasteiger partial charge in [0, 0.05) is 12.7 Å². The fourth-order valence-corrected chi connectivity index (χ4v) is 1.90. The van der Waals surface area contributed by atoms with Gasteiger partial charge in [-0.1, -0.05) is 54.6 Å². The van der Waals surface area contributed by atoms with Crippen LogP contribution >= 0.6 is 0 Å². The molecule has 1 N–H and O–H groups in total. The van der Waals surface area contributed by atoms with Crippen LogP contribution in [-0.2, 0) is 11.3 Å². The SMILES string of the molecule is CN/C(C)=C(/C)OCc1ccc(-c2ccccc2)cc1. The third-order valence-electron chi connectivity index (χ3n) is 3.42. The molecule has 2 aromatic carbocycles. The average molecular weight is 267 g/mol. The van der Waals surface area contributed by atoms with E-state index in [4.69, 9.17) is 4.74 Å². The third kappa shape index (κ3) is 3.64. The van der Waals surface area contributed by atoms with Gasteiger partial charge in [-0.15, -0.1) is 0 Å². The number of allylic oxidation sites excluding steroid dienone is 2. The van der Waals surface area contributed by atoms with Crippen LogP contribution in [0.4, 0.5) is 0 Å². The van der Waals surface area contributed by atoms with E-state index < -0.39 is 0 Å². The number of ether oxygens (including phenoxy) is 1. The van der Waals surface area contributed by atoms with Crippen LogP contribution < -0.4 is 5.32 Å². The van der Waals surface area contributed by atoms with Crippen molar-refractivity contribution in [2.24, 2.45) is 0 Å². The Balaban J connectivity index is 2.03. The lowest BCUT2D eigenvalue weighted by atomic mass is 10.0. The number of hydrogen-bond donors (Lipinski definition) is 1. The van der Waals surface area contributed by atoms with Gasteiger partial charge in [0.25, 0.3) is 0 Å². The van der Waals surface area contributed by atoms with Gasteiger partial charge in [-0.2, -0.15) is 0 Å². The van der Waals surface area contributed by atoms with Gasteiger partial charge < -0.3 is 10.1 Å². The first-order chi connectivity index (χ1) is 9.70. The van der Waals surface area contributed by atoms with Crippen molar-refractivity contribution in [2.75, 3.05) is 7.05 Å². The highest BCUT2D eigenvalue weighted by atomic mass is 16.5. The zero-order valence-electron chi connectivity index (χ0n) is 12.3. The molecule has 0 atom stereocenters. The van der Waals surface area contributed by atoms with Crippen LogP contribution in [0.1, 0.15) is 19.4 Å². The van der Waals surface area contributed by atoms with Gasteiger partial charge in [0.1, 0.15) is 12.4 Å². The summed E-state index contributed by atoms with van der Waals surface area (Å²) in [5.41, 5.74) is 4.70. The van der Waals surface area contributed by atoms with Crippen LogP contribution in [0.5, 0.6) is 0 Å². The van der Waals surface area contributed by atoms with Gasteiger partial charge in [-0.25, -0.2) is 0 Å². The Morgan fingerprint density at radius 1 is 0.900 bits per heavy atom. The second kappa shape index (κ2) is 6.80. The van der Waals surface area contributed by atoms with Crippen LogP contribution in [0.25, 0.3) is 11.1 Å². The van der Waals surface area contributed by atoms with E-state index in [1.54, 1.807) is 0 Å². The van der Waals surface area contributed by atoms with E-state index in [-0.39, 0.29) is 0 Å². The molecule has 0 bridgehead atoms. The van der Waals surface area contributed by atoms with Crippen LogP contribution in [-0.4, -0.2) is 7.05 Å². The van der Waals surface area contributed by atoms with Crippen molar-refractivity contribution in [1.29, 1.82) is 0 Å². The molecule has 20 heavy (non-hydrogen) atoms. The maximum absolute atomic E-state index is 5.74.